The molecule has 2 heterocycles. The summed E-state index contributed by atoms with van der Waals surface area (Å²) < 4.78 is 0. The SMILES string of the molecule is CN1CCc2cc(Cl)ncc2C1. The molecule has 12 heavy (non-hydrogen) atoms. The molecule has 0 aliphatic carbocycles. The Kier molecular flexibility index (Phi) is 2.03. The summed E-state index contributed by atoms with van der Waals surface area (Å²) in [6, 6.07) is 1.98. The molecule has 3 heteroatoms. The molecule has 0 unspecified atom stereocenters. The zero-order chi connectivity index (χ0) is 8.55. The van der Waals surface area contributed by atoms with Crippen LogP contribution in [-0.4, -0.2) is 23.5 Å². The standard InChI is InChI=1S/C9H11ClN2/c1-12-3-2-7-4-9(10)11-5-8(7)6-12/h4-5H,2-3,6H2,1H3. The van der Waals surface area contributed by atoms with Crippen molar-refractivity contribution in [2.75, 3.05) is 13.6 Å². The Labute approximate surface area is 77.2 Å². The highest BCUT2D eigenvalue weighted by molar-refractivity contribution is 6.29. The molecule has 0 aromatic carbocycles. The molecule has 0 spiro atoms. The van der Waals surface area contributed by atoms with E-state index in [9.17, 15) is 0 Å². The third-order valence-electron chi connectivity index (χ3n) is 2.25. The van der Waals surface area contributed by atoms with Crippen molar-refractivity contribution in [1.29, 1.82) is 0 Å². The van der Waals surface area contributed by atoms with E-state index in [1.165, 1.54) is 11.1 Å². The van der Waals surface area contributed by atoms with Crippen molar-refractivity contribution in [3.63, 3.8) is 0 Å². The maximum absolute atomic E-state index is 5.79. The third kappa shape index (κ3) is 1.45. The number of nitrogens with zero attached hydrogens (tertiary/aromatic N) is 2. The summed E-state index contributed by atoms with van der Waals surface area (Å²) in [4.78, 5) is 6.36. The average molecular weight is 183 g/mol. The van der Waals surface area contributed by atoms with Crippen molar-refractivity contribution in [1.82, 2.24) is 9.88 Å². The van der Waals surface area contributed by atoms with Crippen LogP contribution in [0.3, 0.4) is 0 Å². The molecule has 1 aliphatic rings. The summed E-state index contributed by atoms with van der Waals surface area (Å²) in [6.45, 7) is 2.12. The topological polar surface area (TPSA) is 16.1 Å². The van der Waals surface area contributed by atoms with Gasteiger partial charge in [0, 0.05) is 19.3 Å². The minimum absolute atomic E-state index is 0.610. The molecule has 1 aromatic heterocycles. The van der Waals surface area contributed by atoms with Gasteiger partial charge in [0.05, 0.1) is 0 Å². The molecule has 0 bridgehead atoms. The molecule has 2 rings (SSSR count). The van der Waals surface area contributed by atoms with E-state index in [1.807, 2.05) is 12.3 Å². The Morgan fingerprint density at radius 1 is 1.50 bits per heavy atom. The average Bonchev–Trinajstić information content (AvgIpc) is 2.05. The van der Waals surface area contributed by atoms with E-state index in [0.717, 1.165) is 19.5 Å². The van der Waals surface area contributed by atoms with Crippen molar-refractivity contribution in [3.8, 4) is 0 Å². The molecular weight excluding hydrogens is 172 g/mol. The number of hydrogen-bond acceptors (Lipinski definition) is 2. The Balaban J connectivity index is 2.37. The zero-order valence-corrected chi connectivity index (χ0v) is 7.80. The van der Waals surface area contributed by atoms with E-state index in [1.54, 1.807) is 0 Å². The van der Waals surface area contributed by atoms with Crippen LogP contribution in [0.5, 0.6) is 0 Å². The van der Waals surface area contributed by atoms with E-state index in [2.05, 4.69) is 16.9 Å². The number of fused-ring (bicyclic) bond motifs is 1. The quantitative estimate of drug-likeness (QED) is 0.568. The largest absolute Gasteiger partial charge is 0.302 e. The van der Waals surface area contributed by atoms with Crippen LogP contribution in [0.4, 0.5) is 0 Å². The maximum Gasteiger partial charge on any atom is 0.129 e. The summed E-state index contributed by atoms with van der Waals surface area (Å²) in [6.07, 6.45) is 2.97. The van der Waals surface area contributed by atoms with Crippen LogP contribution < -0.4 is 0 Å². The van der Waals surface area contributed by atoms with Gasteiger partial charge in [-0.1, -0.05) is 11.6 Å². The van der Waals surface area contributed by atoms with Crippen LogP contribution in [0.15, 0.2) is 12.3 Å². The Bertz CT molecular complexity index is 299. The minimum atomic E-state index is 0.610. The fourth-order valence-corrected chi connectivity index (χ4v) is 1.73. The van der Waals surface area contributed by atoms with Crippen LogP contribution in [0, 0.1) is 0 Å². The van der Waals surface area contributed by atoms with Crippen molar-refractivity contribution < 1.29 is 0 Å². The Hall–Kier alpha value is -0.600. The number of aromatic nitrogens is 1. The molecule has 1 aromatic rings. The fourth-order valence-electron chi connectivity index (χ4n) is 1.55. The summed E-state index contributed by atoms with van der Waals surface area (Å²) in [5.74, 6) is 0. The van der Waals surface area contributed by atoms with E-state index in [4.69, 9.17) is 11.6 Å². The number of pyridine rings is 1. The van der Waals surface area contributed by atoms with Gasteiger partial charge in [-0.05, 0) is 30.7 Å². The summed E-state index contributed by atoms with van der Waals surface area (Å²) in [5, 5.41) is 0.610. The lowest BCUT2D eigenvalue weighted by Gasteiger charge is -2.24. The second kappa shape index (κ2) is 3.04. The van der Waals surface area contributed by atoms with Crippen LogP contribution in [-0.2, 0) is 13.0 Å². The highest BCUT2D eigenvalue weighted by Gasteiger charge is 2.12. The molecule has 0 N–H and O–H groups in total. The summed E-state index contributed by atoms with van der Waals surface area (Å²) in [5.41, 5.74) is 2.67. The minimum Gasteiger partial charge on any atom is -0.302 e. The van der Waals surface area contributed by atoms with Crippen LogP contribution in [0.1, 0.15) is 11.1 Å². The Morgan fingerprint density at radius 3 is 3.17 bits per heavy atom. The molecular formula is C9H11ClN2. The molecule has 2 nitrogen and oxygen atoms in total. The first-order valence-electron chi connectivity index (χ1n) is 4.07. The smallest absolute Gasteiger partial charge is 0.129 e. The molecule has 0 fully saturated rings. The van der Waals surface area contributed by atoms with Gasteiger partial charge in [0.25, 0.3) is 0 Å². The molecule has 0 atom stereocenters. The highest BCUT2D eigenvalue weighted by atomic mass is 35.5. The fraction of sp³-hybridized carbons (Fsp3) is 0.444. The normalized spacial score (nSPS) is 17.5. The molecule has 1 aliphatic heterocycles. The van der Waals surface area contributed by atoms with Gasteiger partial charge in [-0.15, -0.1) is 0 Å². The number of halogens is 1. The van der Waals surface area contributed by atoms with Crippen LogP contribution in [0.25, 0.3) is 0 Å². The van der Waals surface area contributed by atoms with Crippen LogP contribution >= 0.6 is 11.6 Å². The highest BCUT2D eigenvalue weighted by Crippen LogP contribution is 2.19. The lowest BCUT2D eigenvalue weighted by Crippen LogP contribution is -2.26. The van der Waals surface area contributed by atoms with Gasteiger partial charge in [-0.3, -0.25) is 0 Å². The molecule has 0 saturated heterocycles. The number of likely N-dealkylation sites (N-methyl/N-ethyl adjacent to an activating group) is 1. The Morgan fingerprint density at radius 2 is 2.33 bits per heavy atom. The van der Waals surface area contributed by atoms with Gasteiger partial charge in [-0.2, -0.15) is 0 Å². The second-order valence-corrected chi connectivity index (χ2v) is 3.65. The van der Waals surface area contributed by atoms with Gasteiger partial charge < -0.3 is 4.90 Å². The lowest BCUT2D eigenvalue weighted by molar-refractivity contribution is 0.312. The first kappa shape index (κ1) is 8.02. The van der Waals surface area contributed by atoms with Crippen LogP contribution in [0.2, 0.25) is 5.15 Å². The van der Waals surface area contributed by atoms with Crippen molar-refractivity contribution in [2.24, 2.45) is 0 Å². The number of rotatable bonds is 0. The zero-order valence-electron chi connectivity index (χ0n) is 7.05. The summed E-state index contributed by atoms with van der Waals surface area (Å²) in [7, 11) is 2.12. The monoisotopic (exact) mass is 182 g/mol. The van der Waals surface area contributed by atoms with Gasteiger partial charge >= 0.3 is 0 Å². The predicted molar refractivity (Wildman–Crippen MR) is 49.3 cm³/mol. The van der Waals surface area contributed by atoms with Gasteiger partial charge in [0.2, 0.25) is 0 Å². The van der Waals surface area contributed by atoms with E-state index in [0.29, 0.717) is 5.15 Å². The van der Waals surface area contributed by atoms with Crippen molar-refractivity contribution in [3.05, 3.63) is 28.5 Å². The first-order chi connectivity index (χ1) is 5.75. The van der Waals surface area contributed by atoms with E-state index in [-0.39, 0.29) is 0 Å². The molecule has 64 valence electrons. The molecule has 0 saturated carbocycles. The number of hydrogen-bond donors (Lipinski definition) is 0. The van der Waals surface area contributed by atoms with Gasteiger partial charge in [0.15, 0.2) is 0 Å². The molecule has 0 radical (unpaired) electrons. The van der Waals surface area contributed by atoms with E-state index >= 15 is 0 Å². The first-order valence-corrected chi connectivity index (χ1v) is 4.45. The van der Waals surface area contributed by atoms with Gasteiger partial charge in [-0.25, -0.2) is 4.98 Å². The molecule has 0 amide bonds. The van der Waals surface area contributed by atoms with Crippen molar-refractivity contribution >= 4 is 11.6 Å². The third-order valence-corrected chi connectivity index (χ3v) is 2.46. The van der Waals surface area contributed by atoms with Crippen molar-refractivity contribution in [2.45, 2.75) is 13.0 Å². The van der Waals surface area contributed by atoms with E-state index < -0.39 is 0 Å². The maximum atomic E-state index is 5.79. The van der Waals surface area contributed by atoms with Gasteiger partial charge in [0.1, 0.15) is 5.15 Å². The summed E-state index contributed by atoms with van der Waals surface area (Å²) >= 11 is 5.79. The lowest BCUT2D eigenvalue weighted by atomic mass is 10.0. The second-order valence-electron chi connectivity index (χ2n) is 3.26. The predicted octanol–water partition coefficient (Wildman–Crippen LogP) is 1.72.